The number of ether oxygens (including phenoxy) is 1. The van der Waals surface area contributed by atoms with E-state index in [1.807, 2.05) is 0 Å². The first-order valence-electron chi connectivity index (χ1n) is 7.93. The lowest BCUT2D eigenvalue weighted by molar-refractivity contribution is 0.115. The van der Waals surface area contributed by atoms with E-state index in [0.29, 0.717) is 5.69 Å². The molecule has 2 N–H and O–H groups in total. The number of nitrogens with two attached hydrogens (primary N) is 1. The zero-order chi connectivity index (χ0) is 15.2. The van der Waals surface area contributed by atoms with Gasteiger partial charge in [-0.3, -0.25) is 0 Å². The van der Waals surface area contributed by atoms with Gasteiger partial charge in [0.2, 0.25) is 0 Å². The van der Waals surface area contributed by atoms with E-state index in [4.69, 9.17) is 10.5 Å². The fourth-order valence-electron chi connectivity index (χ4n) is 2.80. The van der Waals surface area contributed by atoms with Gasteiger partial charge >= 0.3 is 0 Å². The summed E-state index contributed by atoms with van der Waals surface area (Å²) in [7, 11) is 0. The molecule has 0 amide bonds. The predicted octanol–water partition coefficient (Wildman–Crippen LogP) is 1.91. The summed E-state index contributed by atoms with van der Waals surface area (Å²) in [5, 5.41) is 0. The Hall–Kier alpha value is -1.56. The quantitative estimate of drug-likeness (QED) is 0.828. The molecule has 2 rings (SSSR count). The highest BCUT2D eigenvalue weighted by atomic mass is 16.5. The maximum atomic E-state index is 6.34. The van der Waals surface area contributed by atoms with E-state index in [1.165, 1.54) is 0 Å². The summed E-state index contributed by atoms with van der Waals surface area (Å²) < 4.78 is 5.73. The minimum atomic E-state index is 0.288. The Bertz CT molecular complexity index is 444. The number of nitrogen functional groups attached to an aromatic ring is 1. The van der Waals surface area contributed by atoms with Crippen molar-refractivity contribution in [2.45, 2.75) is 39.7 Å². The smallest absolute Gasteiger partial charge is 0.157 e. The van der Waals surface area contributed by atoms with Crippen molar-refractivity contribution in [1.82, 2.24) is 9.97 Å². The fraction of sp³-hybridized carbons (Fsp3) is 0.733. The highest BCUT2D eigenvalue weighted by Gasteiger charge is 2.22. The van der Waals surface area contributed by atoms with Crippen LogP contribution in [-0.4, -0.2) is 48.9 Å². The zero-order valence-corrected chi connectivity index (χ0v) is 13.4. The second kappa shape index (κ2) is 7.45. The molecule has 2 heterocycles. The second-order valence-corrected chi connectivity index (χ2v) is 5.28. The van der Waals surface area contributed by atoms with E-state index >= 15 is 0 Å². The molecule has 1 saturated heterocycles. The van der Waals surface area contributed by atoms with Crippen molar-refractivity contribution in [2.75, 3.05) is 48.3 Å². The van der Waals surface area contributed by atoms with E-state index in [0.717, 1.165) is 57.3 Å². The van der Waals surface area contributed by atoms with Crippen LogP contribution in [-0.2, 0) is 4.74 Å². The first-order valence-corrected chi connectivity index (χ1v) is 7.93. The van der Waals surface area contributed by atoms with Crippen molar-refractivity contribution in [3.05, 3.63) is 6.33 Å². The van der Waals surface area contributed by atoms with E-state index in [2.05, 4.69) is 40.5 Å². The monoisotopic (exact) mass is 293 g/mol. The molecule has 0 radical (unpaired) electrons. The van der Waals surface area contributed by atoms with Crippen LogP contribution in [0.15, 0.2) is 6.33 Å². The van der Waals surface area contributed by atoms with Gasteiger partial charge in [-0.2, -0.15) is 0 Å². The number of anilines is 3. The van der Waals surface area contributed by atoms with Crippen LogP contribution in [0.1, 0.15) is 33.6 Å². The standard InChI is InChI=1S/C15H27N5O/c1-4-19(5-2)14-13(16)15(18-11-17-14)20(6-3)10-12-8-7-9-21-12/h11-12H,4-10,16H2,1-3H3. The molecule has 0 bridgehead atoms. The molecule has 0 spiro atoms. The van der Waals surface area contributed by atoms with E-state index < -0.39 is 0 Å². The van der Waals surface area contributed by atoms with Gasteiger partial charge in [-0.1, -0.05) is 0 Å². The Morgan fingerprint density at radius 2 is 1.76 bits per heavy atom. The van der Waals surface area contributed by atoms with Crippen molar-refractivity contribution in [3.63, 3.8) is 0 Å². The summed E-state index contributed by atoms with van der Waals surface area (Å²) in [4.78, 5) is 13.1. The van der Waals surface area contributed by atoms with Crippen LogP contribution < -0.4 is 15.5 Å². The maximum Gasteiger partial charge on any atom is 0.157 e. The third-order valence-corrected chi connectivity index (χ3v) is 4.03. The van der Waals surface area contributed by atoms with Crippen molar-refractivity contribution in [2.24, 2.45) is 0 Å². The molecule has 1 aromatic rings. The van der Waals surface area contributed by atoms with Crippen LogP contribution >= 0.6 is 0 Å². The number of aromatic nitrogens is 2. The minimum absolute atomic E-state index is 0.288. The average molecular weight is 293 g/mol. The third kappa shape index (κ3) is 3.56. The van der Waals surface area contributed by atoms with Gasteiger partial charge in [0.25, 0.3) is 0 Å². The van der Waals surface area contributed by atoms with E-state index in [9.17, 15) is 0 Å². The Morgan fingerprint density at radius 1 is 1.14 bits per heavy atom. The average Bonchev–Trinajstić information content (AvgIpc) is 3.01. The Morgan fingerprint density at radius 3 is 2.29 bits per heavy atom. The molecular formula is C15H27N5O. The van der Waals surface area contributed by atoms with Crippen LogP contribution in [0.4, 0.5) is 17.3 Å². The molecule has 1 aromatic heterocycles. The van der Waals surface area contributed by atoms with Gasteiger partial charge in [0.05, 0.1) is 6.10 Å². The number of hydrogen-bond acceptors (Lipinski definition) is 6. The Kier molecular flexibility index (Phi) is 5.61. The van der Waals surface area contributed by atoms with Gasteiger partial charge in [-0.05, 0) is 33.6 Å². The zero-order valence-electron chi connectivity index (χ0n) is 13.4. The number of rotatable bonds is 7. The molecule has 1 unspecified atom stereocenters. The van der Waals surface area contributed by atoms with Crippen LogP contribution in [0.2, 0.25) is 0 Å². The summed E-state index contributed by atoms with van der Waals surface area (Å²) in [6.07, 6.45) is 4.16. The van der Waals surface area contributed by atoms with Gasteiger partial charge in [0.1, 0.15) is 12.0 Å². The number of likely N-dealkylation sites (N-methyl/N-ethyl adjacent to an activating group) is 1. The molecule has 1 fully saturated rings. The normalized spacial score (nSPS) is 18.0. The minimum Gasteiger partial charge on any atom is -0.393 e. The Balaban J connectivity index is 2.22. The molecule has 6 nitrogen and oxygen atoms in total. The van der Waals surface area contributed by atoms with Crippen molar-refractivity contribution in [3.8, 4) is 0 Å². The van der Waals surface area contributed by atoms with Crippen molar-refractivity contribution >= 4 is 17.3 Å². The van der Waals surface area contributed by atoms with Gasteiger partial charge in [0.15, 0.2) is 11.6 Å². The summed E-state index contributed by atoms with van der Waals surface area (Å²) >= 11 is 0. The molecule has 0 aliphatic carbocycles. The molecular weight excluding hydrogens is 266 g/mol. The molecule has 1 aliphatic heterocycles. The van der Waals surface area contributed by atoms with Gasteiger partial charge < -0.3 is 20.3 Å². The molecule has 21 heavy (non-hydrogen) atoms. The maximum absolute atomic E-state index is 6.34. The summed E-state index contributed by atoms with van der Waals surface area (Å²) in [6, 6.07) is 0. The lowest BCUT2D eigenvalue weighted by atomic mass is 10.2. The molecule has 0 saturated carbocycles. The topological polar surface area (TPSA) is 67.5 Å². The largest absolute Gasteiger partial charge is 0.393 e. The van der Waals surface area contributed by atoms with Crippen molar-refractivity contribution in [1.29, 1.82) is 0 Å². The van der Waals surface area contributed by atoms with E-state index in [-0.39, 0.29) is 6.10 Å². The summed E-state index contributed by atoms with van der Waals surface area (Å²) in [5.74, 6) is 1.65. The molecule has 6 heteroatoms. The molecule has 118 valence electrons. The first kappa shape index (κ1) is 15.8. The SMILES string of the molecule is CCN(CC)c1ncnc(N(CC)CC2CCCO2)c1N. The van der Waals surface area contributed by atoms with Crippen LogP contribution in [0.5, 0.6) is 0 Å². The highest BCUT2D eigenvalue weighted by Crippen LogP contribution is 2.29. The molecule has 0 aromatic carbocycles. The lowest BCUT2D eigenvalue weighted by Gasteiger charge is -2.28. The van der Waals surface area contributed by atoms with E-state index in [1.54, 1.807) is 6.33 Å². The third-order valence-electron chi connectivity index (χ3n) is 4.03. The Labute approximate surface area is 127 Å². The van der Waals surface area contributed by atoms with Crippen LogP contribution in [0.25, 0.3) is 0 Å². The van der Waals surface area contributed by atoms with Crippen LogP contribution in [0, 0.1) is 0 Å². The molecule has 1 aliphatic rings. The summed E-state index contributed by atoms with van der Waals surface area (Å²) in [5.41, 5.74) is 7.00. The highest BCUT2D eigenvalue weighted by molar-refractivity contribution is 5.75. The predicted molar refractivity (Wildman–Crippen MR) is 86.9 cm³/mol. The summed E-state index contributed by atoms with van der Waals surface area (Å²) in [6.45, 7) is 10.7. The van der Waals surface area contributed by atoms with Crippen LogP contribution in [0.3, 0.4) is 0 Å². The number of hydrogen-bond donors (Lipinski definition) is 1. The lowest BCUT2D eigenvalue weighted by Crippen LogP contribution is -2.34. The van der Waals surface area contributed by atoms with Gasteiger partial charge in [-0.15, -0.1) is 0 Å². The second-order valence-electron chi connectivity index (χ2n) is 5.28. The van der Waals surface area contributed by atoms with Gasteiger partial charge in [-0.25, -0.2) is 9.97 Å². The molecule has 1 atom stereocenters. The fourth-order valence-corrected chi connectivity index (χ4v) is 2.80. The van der Waals surface area contributed by atoms with Gasteiger partial charge in [0, 0.05) is 32.8 Å². The number of nitrogens with zero attached hydrogens (tertiary/aromatic N) is 4. The first-order chi connectivity index (χ1) is 10.2. The van der Waals surface area contributed by atoms with Crippen molar-refractivity contribution < 1.29 is 4.74 Å².